The maximum atomic E-state index is 13.8. The summed E-state index contributed by atoms with van der Waals surface area (Å²) in [5.74, 6) is -0.740. The van der Waals surface area contributed by atoms with Crippen LogP contribution in [-0.2, 0) is 11.2 Å². The molecule has 11 heteroatoms. The van der Waals surface area contributed by atoms with E-state index in [9.17, 15) is 23.9 Å². The minimum Gasteiger partial charge on any atom is -0.495 e. The van der Waals surface area contributed by atoms with Gasteiger partial charge in [-0.25, -0.2) is 14.0 Å². The Balaban J connectivity index is 1.32. The monoisotopic (exact) mass is 578 g/mol. The summed E-state index contributed by atoms with van der Waals surface area (Å²) in [6, 6.07) is 15.0. The smallest absolute Gasteiger partial charge is 0.335 e. The zero-order valence-corrected chi connectivity index (χ0v) is 23.6. The molecule has 0 bridgehead atoms. The second-order valence-corrected chi connectivity index (χ2v) is 9.99. The lowest BCUT2D eigenvalue weighted by Crippen LogP contribution is -2.37. The van der Waals surface area contributed by atoms with E-state index in [1.54, 1.807) is 43.3 Å². The summed E-state index contributed by atoms with van der Waals surface area (Å²) >= 11 is 0. The van der Waals surface area contributed by atoms with E-state index in [1.807, 2.05) is 0 Å². The number of Topliss-reactive ketones (excluding diaryl/α,β-unsaturated/α-hetero) is 1. The van der Waals surface area contributed by atoms with Crippen molar-refractivity contribution in [2.24, 2.45) is 0 Å². The molecule has 4 rings (SSSR count). The molecular formula is C31H35FN4O6. The van der Waals surface area contributed by atoms with Gasteiger partial charge in [-0.05, 0) is 74.2 Å². The number of carbonyl (C=O) groups is 3. The van der Waals surface area contributed by atoms with Gasteiger partial charge in [0.2, 0.25) is 0 Å². The molecule has 1 fully saturated rings. The lowest BCUT2D eigenvalue weighted by molar-refractivity contribution is -0.118. The van der Waals surface area contributed by atoms with Crippen molar-refractivity contribution in [3.63, 3.8) is 0 Å². The van der Waals surface area contributed by atoms with Crippen molar-refractivity contribution in [3.05, 3.63) is 77.6 Å². The number of hydrogen-bond donors (Lipinski definition) is 4. The second-order valence-electron chi connectivity index (χ2n) is 9.99. The standard InChI is InChI=1S/C31H35FN4O6/c1-20(42-28-13-11-22(30(38)39)18-27(28)36-14-6-3-7-15-36)33-19-23(37)16-21-10-12-26(29(17-21)41-2)35-31(40)34-25-9-5-4-8-24(25)32/h4-5,8-13,17-18,20,33H,3,6-7,14-16,19H2,1-2H3,(H,38,39)(H2,34,35,40). The number of carbonyl (C=O) groups excluding carboxylic acids is 2. The van der Waals surface area contributed by atoms with Gasteiger partial charge in [0.15, 0.2) is 5.78 Å². The number of ether oxygens (including phenoxy) is 2. The maximum absolute atomic E-state index is 13.8. The number of para-hydroxylation sites is 1. The molecule has 3 aromatic rings. The molecule has 2 amide bonds. The fourth-order valence-electron chi connectivity index (χ4n) is 4.70. The molecule has 0 radical (unpaired) electrons. The number of anilines is 3. The number of carboxylic acids is 1. The van der Waals surface area contributed by atoms with Crippen LogP contribution in [0.2, 0.25) is 0 Å². The van der Waals surface area contributed by atoms with Gasteiger partial charge in [0.25, 0.3) is 0 Å². The van der Waals surface area contributed by atoms with Gasteiger partial charge in [-0.2, -0.15) is 0 Å². The van der Waals surface area contributed by atoms with Crippen molar-refractivity contribution in [2.45, 2.75) is 38.8 Å². The van der Waals surface area contributed by atoms with Crippen LogP contribution in [0.15, 0.2) is 60.7 Å². The summed E-state index contributed by atoms with van der Waals surface area (Å²) in [6.45, 7) is 3.48. The summed E-state index contributed by atoms with van der Waals surface area (Å²) in [4.78, 5) is 38.8. The number of amides is 2. The topological polar surface area (TPSA) is 129 Å². The van der Waals surface area contributed by atoms with Gasteiger partial charge < -0.3 is 30.1 Å². The van der Waals surface area contributed by atoms with Gasteiger partial charge in [0.1, 0.15) is 23.5 Å². The Morgan fingerprint density at radius 2 is 1.69 bits per heavy atom. The molecule has 3 aromatic carbocycles. The number of aromatic carboxylic acids is 1. The molecule has 4 N–H and O–H groups in total. The third-order valence-corrected chi connectivity index (χ3v) is 6.83. The van der Waals surface area contributed by atoms with Crippen LogP contribution in [0.4, 0.5) is 26.2 Å². The molecule has 0 spiro atoms. The normalized spacial score (nSPS) is 13.6. The third-order valence-electron chi connectivity index (χ3n) is 6.83. The Hall–Kier alpha value is -4.64. The predicted octanol–water partition coefficient (Wildman–Crippen LogP) is 5.29. The van der Waals surface area contributed by atoms with Gasteiger partial charge in [-0.3, -0.25) is 10.1 Å². The Labute approximate surface area is 243 Å². The highest BCUT2D eigenvalue weighted by molar-refractivity contribution is 6.00. The molecule has 10 nitrogen and oxygen atoms in total. The number of benzene rings is 3. The van der Waals surface area contributed by atoms with Crippen LogP contribution < -0.4 is 30.3 Å². The number of carboxylic acid groups (broad SMARTS) is 1. The second kappa shape index (κ2) is 14.3. The first-order chi connectivity index (χ1) is 20.2. The molecule has 1 aliphatic rings. The van der Waals surface area contributed by atoms with Gasteiger partial charge in [0.05, 0.1) is 36.3 Å². The zero-order valence-electron chi connectivity index (χ0n) is 23.6. The summed E-state index contributed by atoms with van der Waals surface area (Å²) in [5, 5.41) is 17.6. The van der Waals surface area contributed by atoms with Crippen LogP contribution in [-0.4, -0.2) is 55.9 Å². The molecule has 1 unspecified atom stereocenters. The quantitative estimate of drug-likeness (QED) is 0.213. The van der Waals surface area contributed by atoms with Gasteiger partial charge in [-0.1, -0.05) is 18.2 Å². The van der Waals surface area contributed by atoms with Crippen LogP contribution in [0.25, 0.3) is 0 Å². The molecule has 222 valence electrons. The number of urea groups is 1. The maximum Gasteiger partial charge on any atom is 0.335 e. The SMILES string of the molecule is COc1cc(CC(=O)CNC(C)Oc2ccc(C(=O)O)cc2N2CCCCC2)ccc1NC(=O)Nc1ccccc1F. The van der Waals surface area contributed by atoms with E-state index in [1.165, 1.54) is 31.4 Å². The van der Waals surface area contributed by atoms with E-state index in [4.69, 9.17) is 9.47 Å². The number of ketones is 1. The van der Waals surface area contributed by atoms with Crippen molar-refractivity contribution >= 4 is 34.8 Å². The minimum absolute atomic E-state index is 0.0424. The summed E-state index contributed by atoms with van der Waals surface area (Å²) < 4.78 is 25.3. The van der Waals surface area contributed by atoms with Crippen molar-refractivity contribution in [3.8, 4) is 11.5 Å². The number of nitrogens with one attached hydrogen (secondary N) is 3. The van der Waals surface area contributed by atoms with Crippen LogP contribution in [0.5, 0.6) is 11.5 Å². The van der Waals surface area contributed by atoms with E-state index in [2.05, 4.69) is 20.9 Å². The van der Waals surface area contributed by atoms with E-state index in [0.29, 0.717) is 22.7 Å². The first kappa shape index (κ1) is 30.3. The van der Waals surface area contributed by atoms with Crippen molar-refractivity contribution in [1.29, 1.82) is 0 Å². The van der Waals surface area contributed by atoms with E-state index in [0.717, 1.165) is 38.0 Å². The van der Waals surface area contributed by atoms with Crippen LogP contribution in [0.3, 0.4) is 0 Å². The van der Waals surface area contributed by atoms with Crippen molar-refractivity contribution < 1.29 is 33.4 Å². The molecule has 1 atom stereocenters. The lowest BCUT2D eigenvalue weighted by atomic mass is 10.1. The lowest BCUT2D eigenvalue weighted by Gasteiger charge is -2.31. The fraction of sp³-hybridized carbons (Fsp3) is 0.323. The van der Waals surface area contributed by atoms with E-state index in [-0.39, 0.29) is 30.0 Å². The highest BCUT2D eigenvalue weighted by Gasteiger charge is 2.20. The third kappa shape index (κ3) is 8.20. The zero-order chi connectivity index (χ0) is 30.1. The number of nitrogens with zero attached hydrogens (tertiary/aromatic N) is 1. The van der Waals surface area contributed by atoms with Gasteiger partial charge in [0, 0.05) is 19.5 Å². The summed E-state index contributed by atoms with van der Waals surface area (Å²) in [7, 11) is 1.45. The average molecular weight is 579 g/mol. The number of rotatable bonds is 12. The number of methoxy groups -OCH3 is 1. The number of hydrogen-bond acceptors (Lipinski definition) is 7. The number of halogens is 1. The molecule has 0 saturated carbocycles. The van der Waals surface area contributed by atoms with Crippen molar-refractivity contribution in [2.75, 3.05) is 42.3 Å². The molecule has 0 aromatic heterocycles. The van der Waals surface area contributed by atoms with E-state index >= 15 is 0 Å². The molecule has 0 aliphatic carbocycles. The predicted molar refractivity (Wildman–Crippen MR) is 158 cm³/mol. The molecule has 42 heavy (non-hydrogen) atoms. The summed E-state index contributed by atoms with van der Waals surface area (Å²) in [5.41, 5.74) is 2.02. The highest BCUT2D eigenvalue weighted by atomic mass is 19.1. The largest absolute Gasteiger partial charge is 0.495 e. The van der Waals surface area contributed by atoms with Crippen molar-refractivity contribution in [1.82, 2.24) is 5.32 Å². The molecular weight excluding hydrogens is 543 g/mol. The highest BCUT2D eigenvalue weighted by Crippen LogP contribution is 2.32. The Kier molecular flexibility index (Phi) is 10.3. The minimum atomic E-state index is -0.997. The molecule has 1 aliphatic heterocycles. The molecule has 1 saturated heterocycles. The van der Waals surface area contributed by atoms with Crippen LogP contribution in [0.1, 0.15) is 42.1 Å². The van der Waals surface area contributed by atoms with Gasteiger partial charge in [-0.15, -0.1) is 0 Å². The fourth-order valence-corrected chi connectivity index (χ4v) is 4.70. The Bertz CT molecular complexity index is 1430. The van der Waals surface area contributed by atoms with Gasteiger partial charge >= 0.3 is 12.0 Å². The van der Waals surface area contributed by atoms with E-state index < -0.39 is 24.0 Å². The average Bonchev–Trinajstić information content (AvgIpc) is 2.98. The Morgan fingerprint density at radius 1 is 0.952 bits per heavy atom. The van der Waals surface area contributed by atoms with Crippen LogP contribution in [0, 0.1) is 5.82 Å². The first-order valence-electron chi connectivity index (χ1n) is 13.8. The number of piperidine rings is 1. The Morgan fingerprint density at radius 3 is 2.40 bits per heavy atom. The molecule has 1 heterocycles. The summed E-state index contributed by atoms with van der Waals surface area (Å²) in [6.07, 6.45) is 2.80. The van der Waals surface area contributed by atoms with Crippen LogP contribution >= 0.6 is 0 Å². The first-order valence-corrected chi connectivity index (χ1v) is 13.8.